The molecule has 0 aromatic heterocycles. The minimum atomic E-state index is 0.330. The summed E-state index contributed by atoms with van der Waals surface area (Å²) in [6, 6.07) is 6.58. The van der Waals surface area contributed by atoms with Gasteiger partial charge in [-0.25, -0.2) is 0 Å². The monoisotopic (exact) mass is 263 g/mol. The van der Waals surface area contributed by atoms with Crippen molar-refractivity contribution >= 4 is 5.69 Å². The summed E-state index contributed by atoms with van der Waals surface area (Å²) in [5.41, 5.74) is 1.09. The van der Waals surface area contributed by atoms with Gasteiger partial charge in [-0.05, 0) is 25.6 Å². The number of nitrogens with zero attached hydrogens (tertiary/aromatic N) is 1. The van der Waals surface area contributed by atoms with Gasteiger partial charge < -0.3 is 25.0 Å². The van der Waals surface area contributed by atoms with Crippen LogP contribution in [0.15, 0.2) is 18.2 Å². The number of hydrogen-bond donors (Lipinski definition) is 2. The molecule has 1 saturated heterocycles. The van der Waals surface area contributed by atoms with E-state index < -0.39 is 0 Å². The number of nitrogens with one attached hydrogen (secondary N) is 2. The van der Waals surface area contributed by atoms with Crippen LogP contribution in [0.2, 0.25) is 0 Å². The summed E-state index contributed by atoms with van der Waals surface area (Å²) in [5, 5.41) is 6.99. The van der Waals surface area contributed by atoms with Crippen LogP contribution in [0, 0.1) is 0 Å². The topological polar surface area (TPSA) is 45.8 Å². The molecule has 2 aliphatic rings. The fourth-order valence-corrected chi connectivity index (χ4v) is 2.58. The molecule has 0 spiro atoms. The zero-order valence-corrected chi connectivity index (χ0v) is 11.3. The molecule has 2 N–H and O–H groups in total. The summed E-state index contributed by atoms with van der Waals surface area (Å²) >= 11 is 0. The van der Waals surface area contributed by atoms with E-state index in [4.69, 9.17) is 9.47 Å². The van der Waals surface area contributed by atoms with E-state index in [1.807, 2.05) is 18.2 Å². The van der Waals surface area contributed by atoms with Crippen molar-refractivity contribution in [1.82, 2.24) is 10.2 Å². The van der Waals surface area contributed by atoms with Crippen LogP contribution in [0.3, 0.4) is 0 Å². The Kier molecular flexibility index (Phi) is 3.75. The van der Waals surface area contributed by atoms with Crippen LogP contribution in [0.5, 0.6) is 11.5 Å². The molecule has 1 aromatic carbocycles. The van der Waals surface area contributed by atoms with Crippen molar-refractivity contribution in [3.63, 3.8) is 0 Å². The first-order chi connectivity index (χ1) is 9.31. The van der Waals surface area contributed by atoms with Crippen LogP contribution >= 0.6 is 0 Å². The molecule has 0 aliphatic carbocycles. The summed E-state index contributed by atoms with van der Waals surface area (Å²) in [7, 11) is 2.18. The molecule has 19 heavy (non-hydrogen) atoms. The standard InChI is InChI=1S/C14H21N3O2/c1-17-7-6-16-12(9-17)4-5-15-11-2-3-13-14(8-11)19-10-18-13/h2-3,8,12,15-16H,4-7,9-10H2,1H3. The molecule has 0 saturated carbocycles. The zero-order chi connectivity index (χ0) is 13.1. The fraction of sp³-hybridized carbons (Fsp3) is 0.571. The number of anilines is 1. The van der Waals surface area contributed by atoms with Crippen molar-refractivity contribution < 1.29 is 9.47 Å². The van der Waals surface area contributed by atoms with Crippen molar-refractivity contribution in [2.24, 2.45) is 0 Å². The normalized spacial score (nSPS) is 22.5. The Morgan fingerprint density at radius 1 is 1.37 bits per heavy atom. The van der Waals surface area contributed by atoms with E-state index in [1.165, 1.54) is 0 Å². The fourth-order valence-electron chi connectivity index (χ4n) is 2.58. The number of hydrogen-bond acceptors (Lipinski definition) is 5. The third-order valence-electron chi connectivity index (χ3n) is 3.65. The van der Waals surface area contributed by atoms with Gasteiger partial charge in [0.2, 0.25) is 6.79 Å². The third kappa shape index (κ3) is 3.11. The van der Waals surface area contributed by atoms with Gasteiger partial charge >= 0.3 is 0 Å². The maximum absolute atomic E-state index is 5.37. The molecule has 3 rings (SSSR count). The van der Waals surface area contributed by atoms with Crippen molar-refractivity contribution in [2.75, 3.05) is 45.3 Å². The van der Waals surface area contributed by atoms with Gasteiger partial charge in [0.1, 0.15) is 0 Å². The van der Waals surface area contributed by atoms with Crippen molar-refractivity contribution in [3.05, 3.63) is 18.2 Å². The Morgan fingerprint density at radius 3 is 3.16 bits per heavy atom. The van der Waals surface area contributed by atoms with Crippen molar-refractivity contribution in [2.45, 2.75) is 12.5 Å². The summed E-state index contributed by atoms with van der Waals surface area (Å²) in [5.74, 6) is 1.67. The lowest BCUT2D eigenvalue weighted by Gasteiger charge is -2.31. The van der Waals surface area contributed by atoms with E-state index >= 15 is 0 Å². The predicted octanol–water partition coefficient (Wildman–Crippen LogP) is 1.12. The highest BCUT2D eigenvalue weighted by atomic mass is 16.7. The van der Waals surface area contributed by atoms with Crippen molar-refractivity contribution in [1.29, 1.82) is 0 Å². The molecule has 5 heteroatoms. The van der Waals surface area contributed by atoms with E-state index in [0.717, 1.165) is 49.8 Å². The lowest BCUT2D eigenvalue weighted by molar-refractivity contribution is 0.174. The zero-order valence-electron chi connectivity index (χ0n) is 11.3. The second-order valence-electron chi connectivity index (χ2n) is 5.20. The predicted molar refractivity (Wildman–Crippen MR) is 75.0 cm³/mol. The molecular formula is C14H21N3O2. The largest absolute Gasteiger partial charge is 0.454 e. The minimum absolute atomic E-state index is 0.330. The van der Waals surface area contributed by atoms with Gasteiger partial charge in [0.05, 0.1) is 0 Å². The first-order valence-corrected chi connectivity index (χ1v) is 6.87. The smallest absolute Gasteiger partial charge is 0.231 e. The molecule has 1 unspecified atom stereocenters. The van der Waals surface area contributed by atoms with Gasteiger partial charge in [-0.15, -0.1) is 0 Å². The molecule has 1 aromatic rings. The second-order valence-corrected chi connectivity index (χ2v) is 5.20. The third-order valence-corrected chi connectivity index (χ3v) is 3.65. The average molecular weight is 263 g/mol. The van der Waals surface area contributed by atoms with E-state index in [1.54, 1.807) is 0 Å². The Bertz CT molecular complexity index is 439. The molecule has 1 atom stereocenters. The second kappa shape index (κ2) is 5.67. The Balaban J connectivity index is 1.47. The van der Waals surface area contributed by atoms with Crippen LogP contribution in [0.4, 0.5) is 5.69 Å². The highest BCUT2D eigenvalue weighted by Crippen LogP contribution is 2.34. The summed E-state index contributed by atoms with van der Waals surface area (Å²) in [4.78, 5) is 2.38. The van der Waals surface area contributed by atoms with Gasteiger partial charge in [-0.2, -0.15) is 0 Å². The molecule has 2 aliphatic heterocycles. The summed E-state index contributed by atoms with van der Waals surface area (Å²) < 4.78 is 10.7. The minimum Gasteiger partial charge on any atom is -0.454 e. The van der Waals surface area contributed by atoms with Gasteiger partial charge in [-0.1, -0.05) is 0 Å². The van der Waals surface area contributed by atoms with Crippen LogP contribution in [0.1, 0.15) is 6.42 Å². The summed E-state index contributed by atoms with van der Waals surface area (Å²) in [6.07, 6.45) is 1.12. The number of fused-ring (bicyclic) bond motifs is 1. The van der Waals surface area contributed by atoms with Gasteiger partial charge in [0, 0.05) is 44.0 Å². The SMILES string of the molecule is CN1CCNC(CCNc2ccc3c(c2)OCO3)C1. The van der Waals surface area contributed by atoms with Gasteiger partial charge in [0.15, 0.2) is 11.5 Å². The highest BCUT2D eigenvalue weighted by molar-refractivity contribution is 5.55. The van der Waals surface area contributed by atoms with Gasteiger partial charge in [0.25, 0.3) is 0 Å². The lowest BCUT2D eigenvalue weighted by atomic mass is 10.1. The molecule has 2 heterocycles. The lowest BCUT2D eigenvalue weighted by Crippen LogP contribution is -2.49. The van der Waals surface area contributed by atoms with Crippen LogP contribution < -0.4 is 20.1 Å². The number of likely N-dealkylation sites (N-methyl/N-ethyl adjacent to an activating group) is 1. The first-order valence-electron chi connectivity index (χ1n) is 6.87. The molecule has 104 valence electrons. The molecule has 0 radical (unpaired) electrons. The Hall–Kier alpha value is -1.46. The molecule has 1 fully saturated rings. The van der Waals surface area contributed by atoms with Crippen molar-refractivity contribution in [3.8, 4) is 11.5 Å². The van der Waals surface area contributed by atoms with Crippen LogP contribution in [0.25, 0.3) is 0 Å². The maximum Gasteiger partial charge on any atom is 0.231 e. The quantitative estimate of drug-likeness (QED) is 0.852. The number of ether oxygens (including phenoxy) is 2. The van der Waals surface area contributed by atoms with Crippen LogP contribution in [-0.2, 0) is 0 Å². The Labute approximate surface area is 113 Å². The highest BCUT2D eigenvalue weighted by Gasteiger charge is 2.16. The first kappa shape index (κ1) is 12.6. The number of benzene rings is 1. The van der Waals surface area contributed by atoms with E-state index in [0.29, 0.717) is 12.8 Å². The van der Waals surface area contributed by atoms with E-state index in [9.17, 15) is 0 Å². The van der Waals surface area contributed by atoms with E-state index in [2.05, 4.69) is 22.6 Å². The van der Waals surface area contributed by atoms with Crippen LogP contribution in [-0.4, -0.2) is 51.0 Å². The molecule has 0 amide bonds. The number of piperazine rings is 1. The maximum atomic E-state index is 5.37. The number of rotatable bonds is 4. The van der Waals surface area contributed by atoms with Gasteiger partial charge in [-0.3, -0.25) is 0 Å². The molecule has 0 bridgehead atoms. The average Bonchev–Trinajstić information content (AvgIpc) is 2.86. The molecular weight excluding hydrogens is 242 g/mol. The molecule has 5 nitrogen and oxygen atoms in total. The Morgan fingerprint density at radius 2 is 2.26 bits per heavy atom. The van der Waals surface area contributed by atoms with E-state index in [-0.39, 0.29) is 0 Å². The summed E-state index contributed by atoms with van der Waals surface area (Å²) in [6.45, 7) is 4.66.